The van der Waals surface area contributed by atoms with E-state index in [1.54, 1.807) is 0 Å². The molecule has 0 saturated heterocycles. The number of allylic oxidation sites excluding steroid dienone is 1. The molecule has 0 radical (unpaired) electrons. The molecule has 0 aliphatic heterocycles. The lowest BCUT2D eigenvalue weighted by molar-refractivity contribution is -0.148. The summed E-state index contributed by atoms with van der Waals surface area (Å²) in [6, 6.07) is 7.90. The van der Waals surface area contributed by atoms with E-state index in [1.165, 1.54) is 17.7 Å². The molecule has 0 aliphatic carbocycles. The van der Waals surface area contributed by atoms with Crippen molar-refractivity contribution >= 4 is 5.97 Å². The first-order chi connectivity index (χ1) is 8.37. The smallest absolute Gasteiger partial charge is 0.331 e. The molecule has 0 saturated carbocycles. The van der Waals surface area contributed by atoms with Crippen LogP contribution in [-0.4, -0.2) is 11.6 Å². The van der Waals surface area contributed by atoms with Gasteiger partial charge in [-0.25, -0.2) is 4.79 Å². The Morgan fingerprint density at radius 2 is 1.83 bits per heavy atom. The third-order valence-electron chi connectivity index (χ3n) is 1.98. The van der Waals surface area contributed by atoms with Gasteiger partial charge in [-0.05, 0) is 45.9 Å². The maximum absolute atomic E-state index is 11.3. The second-order valence-electron chi connectivity index (χ2n) is 5.00. The van der Waals surface area contributed by atoms with Gasteiger partial charge in [0.15, 0.2) is 0 Å². The monoisotopic (exact) mass is 242 g/mol. The Kier molecular flexibility index (Phi) is 4.74. The minimum atomic E-state index is -0.466. The first-order valence-corrected chi connectivity index (χ1v) is 5.84. The third-order valence-corrected chi connectivity index (χ3v) is 1.98. The maximum atomic E-state index is 11.3. The molecule has 2 nitrogen and oxygen atoms in total. The second-order valence-corrected chi connectivity index (χ2v) is 5.00. The van der Waals surface area contributed by atoms with Crippen LogP contribution in [0.4, 0.5) is 0 Å². The van der Waals surface area contributed by atoms with Crippen molar-refractivity contribution in [3.63, 3.8) is 0 Å². The number of carbonyl (C=O) groups excluding carboxylic acids is 1. The molecule has 94 valence electrons. The first-order valence-electron chi connectivity index (χ1n) is 5.84. The Morgan fingerprint density at radius 1 is 1.22 bits per heavy atom. The SMILES string of the molecule is Cc1ccc(C#C/C=C/C(=O)OC(C)(C)C)cc1. The van der Waals surface area contributed by atoms with E-state index in [0.717, 1.165) is 5.56 Å². The molecular weight excluding hydrogens is 224 g/mol. The molecule has 1 aromatic rings. The first kappa shape index (κ1) is 14.1. The second kappa shape index (κ2) is 6.07. The van der Waals surface area contributed by atoms with Crippen LogP contribution in [0, 0.1) is 18.8 Å². The van der Waals surface area contributed by atoms with Crippen LogP contribution in [-0.2, 0) is 9.53 Å². The van der Waals surface area contributed by atoms with Gasteiger partial charge in [0, 0.05) is 11.6 Å². The third kappa shape index (κ3) is 5.91. The number of ether oxygens (including phenoxy) is 1. The molecule has 0 atom stereocenters. The highest BCUT2D eigenvalue weighted by atomic mass is 16.6. The number of carbonyl (C=O) groups is 1. The molecule has 0 bridgehead atoms. The van der Waals surface area contributed by atoms with E-state index in [-0.39, 0.29) is 5.97 Å². The molecule has 0 aromatic heterocycles. The van der Waals surface area contributed by atoms with E-state index in [9.17, 15) is 4.79 Å². The van der Waals surface area contributed by atoms with Gasteiger partial charge in [-0.2, -0.15) is 0 Å². The Bertz CT molecular complexity index is 491. The molecule has 1 aromatic carbocycles. The van der Waals surface area contributed by atoms with Crippen molar-refractivity contribution in [3.05, 3.63) is 47.5 Å². The van der Waals surface area contributed by atoms with Crippen LogP contribution in [0.15, 0.2) is 36.4 Å². The Morgan fingerprint density at radius 3 is 2.39 bits per heavy atom. The topological polar surface area (TPSA) is 26.3 Å². The molecule has 18 heavy (non-hydrogen) atoms. The van der Waals surface area contributed by atoms with E-state index in [1.807, 2.05) is 52.0 Å². The number of aryl methyl sites for hydroxylation is 1. The van der Waals surface area contributed by atoms with Crippen LogP contribution in [0.25, 0.3) is 0 Å². The van der Waals surface area contributed by atoms with Crippen molar-refractivity contribution in [1.29, 1.82) is 0 Å². The number of hydrogen-bond donors (Lipinski definition) is 0. The molecule has 0 heterocycles. The Labute approximate surface area is 109 Å². The number of rotatable bonds is 1. The van der Waals surface area contributed by atoms with Crippen molar-refractivity contribution in [1.82, 2.24) is 0 Å². The van der Waals surface area contributed by atoms with Gasteiger partial charge < -0.3 is 4.74 Å². The molecular formula is C16H18O2. The van der Waals surface area contributed by atoms with Gasteiger partial charge in [-0.3, -0.25) is 0 Å². The molecule has 0 N–H and O–H groups in total. The summed E-state index contributed by atoms with van der Waals surface area (Å²) in [6.45, 7) is 7.52. The molecule has 1 rings (SSSR count). The van der Waals surface area contributed by atoms with Gasteiger partial charge in [0.2, 0.25) is 0 Å². The van der Waals surface area contributed by atoms with Gasteiger partial charge in [-0.15, -0.1) is 0 Å². The Balaban J connectivity index is 2.55. The number of esters is 1. The summed E-state index contributed by atoms with van der Waals surface area (Å²) in [7, 11) is 0. The zero-order chi connectivity index (χ0) is 13.6. The van der Waals surface area contributed by atoms with Gasteiger partial charge in [0.25, 0.3) is 0 Å². The highest BCUT2D eigenvalue weighted by molar-refractivity contribution is 5.82. The lowest BCUT2D eigenvalue weighted by Crippen LogP contribution is -2.22. The van der Waals surface area contributed by atoms with Crippen LogP contribution < -0.4 is 0 Å². The zero-order valence-electron chi connectivity index (χ0n) is 11.3. The van der Waals surface area contributed by atoms with Gasteiger partial charge in [0.05, 0.1) is 0 Å². The van der Waals surface area contributed by atoms with Crippen molar-refractivity contribution in [2.75, 3.05) is 0 Å². The normalized spacial score (nSPS) is 10.9. The number of hydrogen-bond acceptors (Lipinski definition) is 2. The number of benzene rings is 1. The quantitative estimate of drug-likeness (QED) is 0.429. The Hall–Kier alpha value is -2.01. The molecule has 0 aliphatic rings. The summed E-state index contributed by atoms with van der Waals surface area (Å²) in [5, 5.41) is 0. The fourth-order valence-electron chi connectivity index (χ4n) is 1.21. The van der Waals surface area contributed by atoms with Crippen molar-refractivity contribution in [2.45, 2.75) is 33.3 Å². The summed E-state index contributed by atoms with van der Waals surface area (Å²) in [4.78, 5) is 11.3. The summed E-state index contributed by atoms with van der Waals surface area (Å²) in [6.07, 6.45) is 2.85. The summed E-state index contributed by atoms with van der Waals surface area (Å²) in [5.74, 6) is 5.38. The van der Waals surface area contributed by atoms with Gasteiger partial charge >= 0.3 is 5.97 Å². The fourth-order valence-corrected chi connectivity index (χ4v) is 1.21. The van der Waals surface area contributed by atoms with E-state index in [0.29, 0.717) is 0 Å². The summed E-state index contributed by atoms with van der Waals surface area (Å²) < 4.78 is 5.11. The minimum Gasteiger partial charge on any atom is -0.457 e. The lowest BCUT2D eigenvalue weighted by Gasteiger charge is -2.17. The maximum Gasteiger partial charge on any atom is 0.331 e. The predicted octanol–water partition coefficient (Wildman–Crippen LogP) is 3.24. The van der Waals surface area contributed by atoms with Crippen molar-refractivity contribution < 1.29 is 9.53 Å². The van der Waals surface area contributed by atoms with Crippen molar-refractivity contribution in [2.24, 2.45) is 0 Å². The molecule has 2 heteroatoms. The predicted molar refractivity (Wildman–Crippen MR) is 73.0 cm³/mol. The zero-order valence-corrected chi connectivity index (χ0v) is 11.3. The van der Waals surface area contributed by atoms with Crippen LogP contribution in [0.1, 0.15) is 31.9 Å². The van der Waals surface area contributed by atoms with Crippen LogP contribution in [0.5, 0.6) is 0 Å². The molecule has 0 amide bonds. The molecule has 0 spiro atoms. The highest BCUT2D eigenvalue weighted by Gasteiger charge is 2.13. The lowest BCUT2D eigenvalue weighted by atomic mass is 10.1. The average molecular weight is 242 g/mol. The van der Waals surface area contributed by atoms with E-state index < -0.39 is 5.60 Å². The van der Waals surface area contributed by atoms with Crippen LogP contribution in [0.3, 0.4) is 0 Å². The standard InChI is InChI=1S/C16H18O2/c1-13-9-11-14(12-10-13)7-5-6-8-15(17)18-16(2,3)4/h6,8-12H,1-4H3/b8-6+. The summed E-state index contributed by atoms with van der Waals surface area (Å²) >= 11 is 0. The van der Waals surface area contributed by atoms with E-state index >= 15 is 0 Å². The van der Waals surface area contributed by atoms with E-state index in [2.05, 4.69) is 11.8 Å². The van der Waals surface area contributed by atoms with Crippen LogP contribution >= 0.6 is 0 Å². The highest BCUT2D eigenvalue weighted by Crippen LogP contribution is 2.06. The van der Waals surface area contributed by atoms with Crippen molar-refractivity contribution in [3.8, 4) is 11.8 Å². The van der Waals surface area contributed by atoms with Crippen LogP contribution in [0.2, 0.25) is 0 Å². The molecule has 0 fully saturated rings. The summed E-state index contributed by atoms with van der Waals surface area (Å²) in [5.41, 5.74) is 1.66. The fraction of sp³-hybridized carbons (Fsp3) is 0.312. The van der Waals surface area contributed by atoms with E-state index in [4.69, 9.17) is 4.74 Å². The average Bonchev–Trinajstić information content (AvgIpc) is 2.24. The molecule has 0 unspecified atom stereocenters. The largest absolute Gasteiger partial charge is 0.457 e. The van der Waals surface area contributed by atoms with Gasteiger partial charge in [0.1, 0.15) is 5.60 Å². The van der Waals surface area contributed by atoms with Gasteiger partial charge in [-0.1, -0.05) is 29.5 Å². The minimum absolute atomic E-state index is 0.374.